The predicted molar refractivity (Wildman–Crippen MR) is 133 cm³/mol. The summed E-state index contributed by atoms with van der Waals surface area (Å²) in [6.45, 7) is 4.89. The molecule has 49 heavy (non-hydrogen) atoms. The summed E-state index contributed by atoms with van der Waals surface area (Å²) in [7, 11) is 0. The van der Waals surface area contributed by atoms with E-state index in [0.29, 0.717) is 20.4 Å². The molecule has 0 saturated carbocycles. The Labute approximate surface area is 267 Å². The van der Waals surface area contributed by atoms with Gasteiger partial charge < -0.3 is 10.1 Å². The maximum absolute atomic E-state index is 14.4. The first kappa shape index (κ1) is 42.7. The van der Waals surface area contributed by atoms with Crippen LogP contribution in [-0.4, -0.2) is 113 Å². The summed E-state index contributed by atoms with van der Waals surface area (Å²) >= 11 is 0. The van der Waals surface area contributed by atoms with Gasteiger partial charge in [0.25, 0.3) is 0 Å². The van der Waals surface area contributed by atoms with Crippen LogP contribution in [0.3, 0.4) is 0 Å². The monoisotopic (exact) mass is 757 g/mol. The molecule has 2 heterocycles. The number of ether oxygens (including phenoxy) is 1. The number of halogens is 17. The van der Waals surface area contributed by atoms with Crippen molar-refractivity contribution in [1.29, 1.82) is 0 Å². The van der Waals surface area contributed by atoms with E-state index in [-0.39, 0.29) is 32.0 Å². The minimum absolute atomic E-state index is 0.00496. The number of alkyl halides is 17. The fraction of sp³-hybridized carbons (Fsp3) is 0.923. The molecule has 2 amide bonds. The van der Waals surface area contributed by atoms with Gasteiger partial charge in [0, 0.05) is 25.6 Å². The van der Waals surface area contributed by atoms with Gasteiger partial charge in [-0.05, 0) is 59.0 Å². The Balaban J connectivity index is 2.19. The van der Waals surface area contributed by atoms with Gasteiger partial charge in [-0.25, -0.2) is 4.79 Å². The van der Waals surface area contributed by atoms with E-state index >= 15 is 0 Å². The van der Waals surface area contributed by atoms with Crippen LogP contribution < -0.4 is 5.32 Å². The van der Waals surface area contributed by atoms with Crippen molar-refractivity contribution in [2.24, 2.45) is 0 Å². The molecule has 0 aromatic carbocycles. The molecule has 0 aromatic heterocycles. The number of hydrogen-bond donors (Lipinski definition) is 1. The highest BCUT2D eigenvalue weighted by Gasteiger charge is 2.95. The molecule has 2 aliphatic heterocycles. The van der Waals surface area contributed by atoms with Crippen molar-refractivity contribution >= 4 is 12.0 Å². The van der Waals surface area contributed by atoms with E-state index in [1.807, 2.05) is 6.92 Å². The van der Waals surface area contributed by atoms with Gasteiger partial charge in [0.1, 0.15) is 11.6 Å². The summed E-state index contributed by atoms with van der Waals surface area (Å²) in [5.74, 6) is -57.6. The topological polar surface area (TPSA) is 61.9 Å². The number of hydrogen-bond acceptors (Lipinski definition) is 4. The molecule has 0 aromatic rings. The van der Waals surface area contributed by atoms with Gasteiger partial charge in [-0.1, -0.05) is 6.92 Å². The van der Waals surface area contributed by atoms with Crippen LogP contribution in [0, 0.1) is 0 Å². The molecule has 1 unspecified atom stereocenters. The van der Waals surface area contributed by atoms with Crippen LogP contribution in [-0.2, 0) is 9.53 Å². The molecule has 0 radical (unpaired) electrons. The van der Waals surface area contributed by atoms with E-state index in [0.717, 1.165) is 24.3 Å². The molecular weight excluding hydrogens is 725 g/mol. The predicted octanol–water partition coefficient (Wildman–Crippen LogP) is 7.76. The number of likely N-dealkylation sites (tertiary alicyclic amines) is 2. The molecule has 0 spiro atoms. The van der Waals surface area contributed by atoms with E-state index < -0.39 is 84.1 Å². The standard InChI is InChI=1S/C26H32F17N3O3/c1-4-45-11-5-7-14(45)13-44-16(47)15-8-6-12-46(15)17(48)49-18(2,3)9-10-19(27,28)20(29,30)21(31,32)22(33,34)23(35,36)24(37,38)25(39,40)26(41,42)43/h14-15H,4-13H2,1-3H3,(H,44,47)/t14?,15-/m0/s1. The second-order valence-electron chi connectivity index (χ2n) is 12.3. The van der Waals surface area contributed by atoms with Gasteiger partial charge in [0.05, 0.1) is 0 Å². The molecule has 1 N–H and O–H groups in total. The second kappa shape index (κ2) is 13.6. The Hall–Kier alpha value is -2.49. The first-order valence-corrected chi connectivity index (χ1v) is 14.5. The highest BCUT2D eigenvalue weighted by Crippen LogP contribution is 2.64. The fourth-order valence-corrected chi connectivity index (χ4v) is 5.29. The van der Waals surface area contributed by atoms with Crippen LogP contribution in [0.5, 0.6) is 0 Å². The zero-order valence-corrected chi connectivity index (χ0v) is 25.8. The van der Waals surface area contributed by atoms with E-state index in [1.54, 1.807) is 0 Å². The van der Waals surface area contributed by atoms with Gasteiger partial charge in [-0.3, -0.25) is 14.6 Å². The molecule has 23 heteroatoms. The van der Waals surface area contributed by atoms with E-state index in [4.69, 9.17) is 4.74 Å². The third-order valence-corrected chi connectivity index (χ3v) is 8.40. The summed E-state index contributed by atoms with van der Waals surface area (Å²) in [4.78, 5) is 28.4. The van der Waals surface area contributed by atoms with Crippen molar-refractivity contribution in [2.45, 2.75) is 125 Å². The van der Waals surface area contributed by atoms with Crippen molar-refractivity contribution in [1.82, 2.24) is 15.1 Å². The SMILES string of the molecule is CCN1CCCC1CNC(=O)[C@@H]1CCCN1C(=O)OC(C)(C)CCC(F)(F)C(F)(F)C(F)(F)C(F)(F)C(F)(F)C(F)(F)C(F)(F)C(F)(F)F. The maximum Gasteiger partial charge on any atom is 0.460 e. The molecule has 2 rings (SSSR count). The average molecular weight is 758 g/mol. The fourth-order valence-electron chi connectivity index (χ4n) is 5.29. The first-order chi connectivity index (χ1) is 21.8. The van der Waals surface area contributed by atoms with Crippen molar-refractivity contribution in [3.05, 3.63) is 0 Å². The van der Waals surface area contributed by atoms with Crippen LogP contribution in [0.4, 0.5) is 79.4 Å². The quantitative estimate of drug-likeness (QED) is 0.184. The highest BCUT2D eigenvalue weighted by molar-refractivity contribution is 5.86. The molecule has 0 aliphatic carbocycles. The highest BCUT2D eigenvalue weighted by atomic mass is 19.4. The molecule has 288 valence electrons. The van der Waals surface area contributed by atoms with Gasteiger partial charge in [0.15, 0.2) is 0 Å². The minimum atomic E-state index is -8.71. The van der Waals surface area contributed by atoms with Crippen LogP contribution in [0.1, 0.15) is 59.3 Å². The maximum atomic E-state index is 14.4. The summed E-state index contributed by atoms with van der Waals surface area (Å²) in [6, 6.07) is -1.15. The number of amides is 2. The lowest BCUT2D eigenvalue weighted by atomic mass is 9.87. The number of carbonyl (C=O) groups excluding carboxylic acids is 2. The van der Waals surface area contributed by atoms with Gasteiger partial charge in [-0.2, -0.15) is 74.6 Å². The number of carbonyl (C=O) groups is 2. The Bertz CT molecular complexity index is 1190. The number of likely N-dealkylation sites (N-methyl/N-ethyl adjacent to an activating group) is 1. The van der Waals surface area contributed by atoms with Crippen molar-refractivity contribution in [3.8, 4) is 0 Å². The number of rotatable bonds is 14. The lowest BCUT2D eigenvalue weighted by molar-refractivity contribution is -0.462. The average Bonchev–Trinajstić information content (AvgIpc) is 3.63. The first-order valence-electron chi connectivity index (χ1n) is 14.5. The van der Waals surface area contributed by atoms with Crippen LogP contribution in [0.15, 0.2) is 0 Å². The Morgan fingerprint density at radius 3 is 1.63 bits per heavy atom. The van der Waals surface area contributed by atoms with Gasteiger partial charge >= 0.3 is 53.7 Å². The molecular formula is C26H32F17N3O3. The van der Waals surface area contributed by atoms with Crippen LogP contribution in [0.2, 0.25) is 0 Å². The smallest absolute Gasteiger partial charge is 0.443 e. The Morgan fingerprint density at radius 2 is 1.14 bits per heavy atom. The molecule has 0 bridgehead atoms. The molecule has 2 saturated heterocycles. The van der Waals surface area contributed by atoms with Gasteiger partial charge in [-0.15, -0.1) is 0 Å². The van der Waals surface area contributed by atoms with E-state index in [1.165, 1.54) is 0 Å². The zero-order chi connectivity index (χ0) is 38.4. The van der Waals surface area contributed by atoms with Crippen molar-refractivity contribution in [3.63, 3.8) is 0 Å². The number of nitrogens with zero attached hydrogens (tertiary/aromatic N) is 2. The second-order valence-corrected chi connectivity index (χ2v) is 12.3. The van der Waals surface area contributed by atoms with E-state index in [9.17, 15) is 84.2 Å². The van der Waals surface area contributed by atoms with Crippen LogP contribution >= 0.6 is 0 Å². The van der Waals surface area contributed by atoms with Crippen molar-refractivity contribution < 1.29 is 89.0 Å². The summed E-state index contributed by atoms with van der Waals surface area (Å²) < 4.78 is 235. The zero-order valence-electron chi connectivity index (χ0n) is 25.8. The normalized spacial score (nSPS) is 21.3. The molecule has 2 fully saturated rings. The van der Waals surface area contributed by atoms with Crippen molar-refractivity contribution in [2.75, 3.05) is 26.2 Å². The molecule has 2 aliphatic rings. The summed E-state index contributed by atoms with van der Waals surface area (Å²) in [6.07, 6.45) is -11.7. The van der Waals surface area contributed by atoms with Gasteiger partial charge in [0.2, 0.25) is 5.91 Å². The largest absolute Gasteiger partial charge is 0.460 e. The summed E-state index contributed by atoms with van der Waals surface area (Å²) in [5, 5.41) is 2.66. The minimum Gasteiger partial charge on any atom is -0.443 e. The lowest BCUT2D eigenvalue weighted by Crippen LogP contribution is -2.74. The lowest BCUT2D eigenvalue weighted by Gasteiger charge is -2.43. The third-order valence-electron chi connectivity index (χ3n) is 8.40. The molecule has 6 nitrogen and oxygen atoms in total. The Kier molecular flexibility index (Phi) is 11.8. The number of nitrogens with one attached hydrogen (secondary N) is 1. The van der Waals surface area contributed by atoms with Crippen LogP contribution in [0.25, 0.3) is 0 Å². The molecule has 2 atom stereocenters. The Morgan fingerprint density at radius 1 is 0.673 bits per heavy atom. The van der Waals surface area contributed by atoms with E-state index in [2.05, 4.69) is 10.2 Å². The summed E-state index contributed by atoms with van der Waals surface area (Å²) in [5.41, 5.74) is -2.39. The third kappa shape index (κ3) is 7.45.